The van der Waals surface area contributed by atoms with Crippen LogP contribution in [-0.4, -0.2) is 44.5 Å². The topological polar surface area (TPSA) is 41.3 Å². The minimum atomic E-state index is -0.514. The quantitative estimate of drug-likeness (QED) is 0.793. The van der Waals surface area contributed by atoms with Crippen molar-refractivity contribution in [3.05, 3.63) is 18.0 Å². The second-order valence-corrected chi connectivity index (χ2v) is 5.25. The van der Waals surface area contributed by atoms with Crippen LogP contribution in [0.3, 0.4) is 0 Å². The molecule has 0 radical (unpaired) electrons. The molecule has 0 bridgehead atoms. The summed E-state index contributed by atoms with van der Waals surface area (Å²) in [6.45, 7) is 2.22. The van der Waals surface area contributed by atoms with Gasteiger partial charge in [-0.15, -0.1) is 0 Å². The Morgan fingerprint density at radius 1 is 1.56 bits per heavy atom. The third kappa shape index (κ3) is 1.57. The van der Waals surface area contributed by atoms with E-state index in [-0.39, 0.29) is 0 Å². The van der Waals surface area contributed by atoms with Crippen molar-refractivity contribution in [1.82, 2.24) is 14.7 Å². The number of nitrogens with zero attached hydrogens (tertiary/aromatic N) is 3. The van der Waals surface area contributed by atoms with Crippen molar-refractivity contribution in [1.29, 1.82) is 0 Å². The average Bonchev–Trinajstić information content (AvgIpc) is 2.88. The van der Waals surface area contributed by atoms with E-state index in [9.17, 15) is 5.11 Å². The molecule has 0 spiro atoms. The zero-order valence-electron chi connectivity index (χ0n) is 9.76. The summed E-state index contributed by atoms with van der Waals surface area (Å²) in [5.41, 5.74) is 0.637. The van der Waals surface area contributed by atoms with Crippen molar-refractivity contribution < 1.29 is 5.11 Å². The number of aromatic nitrogens is 2. The van der Waals surface area contributed by atoms with Crippen LogP contribution in [0.15, 0.2) is 12.4 Å². The van der Waals surface area contributed by atoms with E-state index in [0.29, 0.717) is 6.04 Å². The summed E-state index contributed by atoms with van der Waals surface area (Å²) >= 11 is 0. The molecule has 88 valence electrons. The van der Waals surface area contributed by atoms with Gasteiger partial charge in [0.2, 0.25) is 0 Å². The Bertz CT molecular complexity index is 389. The first-order valence-electron chi connectivity index (χ1n) is 6.11. The van der Waals surface area contributed by atoms with Gasteiger partial charge < -0.3 is 5.11 Å². The lowest BCUT2D eigenvalue weighted by Gasteiger charge is -2.29. The summed E-state index contributed by atoms with van der Waals surface area (Å²) in [6.07, 6.45) is 7.93. The SMILES string of the molecule is Cn1cc(CC2(O)CCN3CCCC32)cn1. The van der Waals surface area contributed by atoms with Crippen LogP contribution in [0, 0.1) is 0 Å². The third-order valence-corrected chi connectivity index (χ3v) is 4.08. The van der Waals surface area contributed by atoms with Gasteiger partial charge >= 0.3 is 0 Å². The largest absolute Gasteiger partial charge is 0.388 e. The fraction of sp³-hybridized carbons (Fsp3) is 0.750. The highest BCUT2D eigenvalue weighted by atomic mass is 16.3. The molecular formula is C12H19N3O. The molecule has 4 heteroatoms. The van der Waals surface area contributed by atoms with Gasteiger partial charge in [0.1, 0.15) is 0 Å². The van der Waals surface area contributed by atoms with E-state index < -0.39 is 5.60 Å². The van der Waals surface area contributed by atoms with E-state index in [2.05, 4.69) is 10.00 Å². The molecule has 1 N–H and O–H groups in total. The van der Waals surface area contributed by atoms with E-state index in [1.807, 2.05) is 19.4 Å². The van der Waals surface area contributed by atoms with Crippen LogP contribution in [0.2, 0.25) is 0 Å². The maximum atomic E-state index is 10.7. The van der Waals surface area contributed by atoms with Crippen molar-refractivity contribution in [2.75, 3.05) is 13.1 Å². The lowest BCUT2D eigenvalue weighted by atomic mass is 9.87. The maximum absolute atomic E-state index is 10.7. The highest BCUT2D eigenvalue weighted by molar-refractivity contribution is 5.14. The Morgan fingerprint density at radius 3 is 3.19 bits per heavy atom. The Labute approximate surface area is 95.9 Å². The fourth-order valence-electron chi connectivity index (χ4n) is 3.33. The maximum Gasteiger partial charge on any atom is 0.0855 e. The third-order valence-electron chi connectivity index (χ3n) is 4.08. The molecule has 0 aliphatic carbocycles. The molecule has 0 aromatic carbocycles. The molecule has 2 fully saturated rings. The predicted molar refractivity (Wildman–Crippen MR) is 61.1 cm³/mol. The van der Waals surface area contributed by atoms with Crippen molar-refractivity contribution >= 4 is 0 Å². The molecule has 3 heterocycles. The first-order chi connectivity index (χ1) is 7.67. The smallest absolute Gasteiger partial charge is 0.0855 e. The van der Waals surface area contributed by atoms with Gasteiger partial charge in [-0.1, -0.05) is 0 Å². The van der Waals surface area contributed by atoms with E-state index in [0.717, 1.165) is 31.4 Å². The number of hydrogen-bond acceptors (Lipinski definition) is 3. The molecule has 0 saturated carbocycles. The van der Waals surface area contributed by atoms with Gasteiger partial charge in [0.15, 0.2) is 0 Å². The number of aliphatic hydroxyl groups is 1. The molecule has 2 unspecified atom stereocenters. The van der Waals surface area contributed by atoms with E-state index in [4.69, 9.17) is 0 Å². The molecular weight excluding hydrogens is 202 g/mol. The van der Waals surface area contributed by atoms with E-state index in [1.54, 1.807) is 4.68 Å². The Kier molecular flexibility index (Phi) is 2.30. The number of rotatable bonds is 2. The van der Waals surface area contributed by atoms with Crippen LogP contribution in [-0.2, 0) is 13.5 Å². The minimum absolute atomic E-state index is 0.382. The zero-order chi connectivity index (χ0) is 11.2. The predicted octanol–water partition coefficient (Wildman–Crippen LogP) is 0.562. The van der Waals surface area contributed by atoms with Crippen molar-refractivity contribution in [2.45, 2.75) is 37.3 Å². The van der Waals surface area contributed by atoms with Gasteiger partial charge in [-0.25, -0.2) is 0 Å². The molecule has 2 aliphatic rings. The number of fused-ring (bicyclic) bond motifs is 1. The van der Waals surface area contributed by atoms with Crippen LogP contribution < -0.4 is 0 Å². The van der Waals surface area contributed by atoms with E-state index in [1.165, 1.54) is 13.0 Å². The van der Waals surface area contributed by atoms with Crippen LogP contribution in [0.25, 0.3) is 0 Å². The average molecular weight is 221 g/mol. The summed E-state index contributed by atoms with van der Waals surface area (Å²) < 4.78 is 1.81. The normalized spacial score (nSPS) is 34.5. The molecule has 4 nitrogen and oxygen atoms in total. The van der Waals surface area contributed by atoms with Crippen molar-refractivity contribution in [3.63, 3.8) is 0 Å². The van der Waals surface area contributed by atoms with Crippen molar-refractivity contribution in [2.24, 2.45) is 7.05 Å². The zero-order valence-corrected chi connectivity index (χ0v) is 9.76. The van der Waals surface area contributed by atoms with Crippen LogP contribution >= 0.6 is 0 Å². The minimum Gasteiger partial charge on any atom is -0.388 e. The molecule has 2 saturated heterocycles. The Hall–Kier alpha value is -0.870. The van der Waals surface area contributed by atoms with Crippen LogP contribution in [0.4, 0.5) is 0 Å². The van der Waals surface area contributed by atoms with Gasteiger partial charge in [-0.2, -0.15) is 5.10 Å². The second-order valence-electron chi connectivity index (χ2n) is 5.25. The summed E-state index contributed by atoms with van der Waals surface area (Å²) in [6, 6.07) is 0.382. The lowest BCUT2D eigenvalue weighted by molar-refractivity contribution is 0.0141. The molecule has 2 aliphatic heterocycles. The van der Waals surface area contributed by atoms with Gasteiger partial charge in [0.25, 0.3) is 0 Å². The summed E-state index contributed by atoms with van der Waals surface area (Å²) in [5, 5.41) is 14.9. The van der Waals surface area contributed by atoms with Gasteiger partial charge in [-0.3, -0.25) is 9.58 Å². The number of aryl methyl sites for hydroxylation is 1. The van der Waals surface area contributed by atoms with Crippen LogP contribution in [0.1, 0.15) is 24.8 Å². The Morgan fingerprint density at radius 2 is 2.44 bits per heavy atom. The summed E-state index contributed by atoms with van der Waals surface area (Å²) in [5.74, 6) is 0. The second kappa shape index (κ2) is 3.57. The fourth-order valence-corrected chi connectivity index (χ4v) is 3.33. The van der Waals surface area contributed by atoms with Gasteiger partial charge in [0.05, 0.1) is 11.8 Å². The molecule has 1 aromatic rings. The molecule has 16 heavy (non-hydrogen) atoms. The molecule has 3 rings (SSSR count). The number of hydrogen-bond donors (Lipinski definition) is 1. The summed E-state index contributed by atoms with van der Waals surface area (Å²) in [4.78, 5) is 2.44. The standard InChI is InChI=1S/C12H19N3O/c1-14-9-10(8-13-14)7-12(16)4-6-15-5-2-3-11(12)15/h8-9,11,16H,2-7H2,1H3. The van der Waals surface area contributed by atoms with Gasteiger partial charge in [-0.05, 0) is 31.4 Å². The first-order valence-corrected chi connectivity index (χ1v) is 6.11. The molecule has 1 aromatic heterocycles. The Balaban J connectivity index is 1.78. The van der Waals surface area contributed by atoms with E-state index >= 15 is 0 Å². The van der Waals surface area contributed by atoms with Gasteiger partial charge in [0, 0.05) is 32.3 Å². The molecule has 2 atom stereocenters. The lowest BCUT2D eigenvalue weighted by Crippen LogP contribution is -2.42. The van der Waals surface area contributed by atoms with Crippen molar-refractivity contribution in [3.8, 4) is 0 Å². The van der Waals surface area contributed by atoms with Crippen LogP contribution in [0.5, 0.6) is 0 Å². The highest BCUT2D eigenvalue weighted by Crippen LogP contribution is 2.37. The summed E-state index contributed by atoms with van der Waals surface area (Å²) in [7, 11) is 1.92. The monoisotopic (exact) mass is 221 g/mol. The highest BCUT2D eigenvalue weighted by Gasteiger charge is 2.47. The first kappa shape index (κ1) is 10.3. The molecule has 0 amide bonds.